The van der Waals surface area contributed by atoms with E-state index in [-0.39, 0.29) is 11.6 Å². The second-order valence-electron chi connectivity index (χ2n) is 3.69. The topological polar surface area (TPSA) is 84.0 Å². The third-order valence-corrected chi connectivity index (χ3v) is 2.35. The van der Waals surface area contributed by atoms with E-state index in [0.717, 1.165) is 4.68 Å². The van der Waals surface area contributed by atoms with Crippen LogP contribution in [0.2, 0.25) is 0 Å². The minimum absolute atomic E-state index is 0.0408. The van der Waals surface area contributed by atoms with Crippen LogP contribution in [0.25, 0.3) is 0 Å². The number of amides is 1. The van der Waals surface area contributed by atoms with Gasteiger partial charge in [0.15, 0.2) is 0 Å². The minimum Gasteiger partial charge on any atom is -0.316 e. The van der Waals surface area contributed by atoms with E-state index in [1.54, 1.807) is 30.3 Å². The number of H-pyrrole nitrogens is 1. The minimum atomic E-state index is -0.519. The molecule has 0 aliphatic carbocycles. The van der Waals surface area contributed by atoms with Crippen LogP contribution in [0.15, 0.2) is 41.3 Å². The standard InChI is InChI=1S/C12H11N3O3/c1-8(16)15-7-10(12(18)14-15)13-11(17)9-5-3-2-4-6-9/h2-7H,1H3,(H,13,17)(H,14,18). The van der Waals surface area contributed by atoms with Crippen LogP contribution in [-0.4, -0.2) is 21.6 Å². The molecular weight excluding hydrogens is 234 g/mol. The Balaban J connectivity index is 2.22. The Kier molecular flexibility index (Phi) is 3.09. The molecule has 2 rings (SSSR count). The molecule has 0 unspecified atom stereocenters. The lowest BCUT2D eigenvalue weighted by atomic mass is 10.2. The molecule has 1 aromatic carbocycles. The molecule has 2 aromatic rings. The van der Waals surface area contributed by atoms with Gasteiger partial charge in [-0.05, 0) is 12.1 Å². The van der Waals surface area contributed by atoms with Crippen molar-refractivity contribution < 1.29 is 9.59 Å². The summed E-state index contributed by atoms with van der Waals surface area (Å²) in [4.78, 5) is 34.3. The van der Waals surface area contributed by atoms with Crippen LogP contribution >= 0.6 is 0 Å². The van der Waals surface area contributed by atoms with Crippen molar-refractivity contribution in [3.63, 3.8) is 0 Å². The molecule has 1 heterocycles. The number of nitrogens with one attached hydrogen (secondary N) is 2. The molecule has 0 atom stereocenters. The molecular formula is C12H11N3O3. The molecule has 1 amide bonds. The molecule has 0 aliphatic heterocycles. The number of carbonyl (C=O) groups excluding carboxylic acids is 2. The van der Waals surface area contributed by atoms with Gasteiger partial charge in [-0.3, -0.25) is 19.5 Å². The highest BCUT2D eigenvalue weighted by Gasteiger charge is 2.11. The van der Waals surface area contributed by atoms with Crippen molar-refractivity contribution in [1.29, 1.82) is 0 Å². The zero-order valence-corrected chi connectivity index (χ0v) is 9.64. The van der Waals surface area contributed by atoms with E-state index in [1.165, 1.54) is 13.1 Å². The van der Waals surface area contributed by atoms with Gasteiger partial charge in [-0.2, -0.15) is 0 Å². The van der Waals surface area contributed by atoms with Crippen molar-refractivity contribution in [2.75, 3.05) is 5.32 Å². The van der Waals surface area contributed by atoms with Gasteiger partial charge < -0.3 is 5.32 Å². The van der Waals surface area contributed by atoms with Gasteiger partial charge in [-0.1, -0.05) is 18.2 Å². The number of anilines is 1. The smallest absolute Gasteiger partial charge is 0.288 e. The lowest BCUT2D eigenvalue weighted by Crippen LogP contribution is -2.17. The molecule has 6 nitrogen and oxygen atoms in total. The zero-order chi connectivity index (χ0) is 13.1. The first-order valence-electron chi connectivity index (χ1n) is 5.27. The molecule has 2 N–H and O–H groups in total. The van der Waals surface area contributed by atoms with Crippen LogP contribution in [0.5, 0.6) is 0 Å². The second kappa shape index (κ2) is 4.70. The van der Waals surface area contributed by atoms with Crippen molar-refractivity contribution in [1.82, 2.24) is 9.78 Å². The maximum atomic E-state index is 11.8. The van der Waals surface area contributed by atoms with Crippen molar-refractivity contribution in [2.45, 2.75) is 6.92 Å². The molecule has 0 saturated carbocycles. The van der Waals surface area contributed by atoms with Crippen molar-refractivity contribution in [3.8, 4) is 0 Å². The summed E-state index contributed by atoms with van der Waals surface area (Å²) < 4.78 is 1.02. The number of benzene rings is 1. The summed E-state index contributed by atoms with van der Waals surface area (Å²) in [5.74, 6) is -0.741. The van der Waals surface area contributed by atoms with Crippen LogP contribution in [0.1, 0.15) is 22.1 Å². The Labute approximate surface area is 102 Å². The third kappa shape index (κ3) is 2.37. The van der Waals surface area contributed by atoms with E-state index in [9.17, 15) is 14.4 Å². The molecule has 0 spiro atoms. The number of nitrogens with zero attached hydrogens (tertiary/aromatic N) is 1. The normalized spacial score (nSPS) is 10.1. The van der Waals surface area contributed by atoms with Crippen LogP contribution in [0.4, 0.5) is 5.69 Å². The molecule has 92 valence electrons. The lowest BCUT2D eigenvalue weighted by Gasteiger charge is -2.00. The number of carbonyl (C=O) groups is 2. The van der Waals surface area contributed by atoms with E-state index in [1.807, 2.05) is 0 Å². The average Bonchev–Trinajstić information content (AvgIpc) is 2.72. The zero-order valence-electron chi connectivity index (χ0n) is 9.64. The molecule has 0 fully saturated rings. The molecule has 0 aliphatic rings. The first-order valence-corrected chi connectivity index (χ1v) is 5.27. The summed E-state index contributed by atoms with van der Waals surface area (Å²) in [7, 11) is 0. The van der Waals surface area contributed by atoms with Gasteiger partial charge in [-0.15, -0.1) is 0 Å². The fourth-order valence-electron chi connectivity index (χ4n) is 1.43. The van der Waals surface area contributed by atoms with Crippen LogP contribution in [0.3, 0.4) is 0 Å². The highest BCUT2D eigenvalue weighted by molar-refractivity contribution is 6.04. The van der Waals surface area contributed by atoms with E-state index >= 15 is 0 Å². The molecule has 18 heavy (non-hydrogen) atoms. The summed E-state index contributed by atoms with van der Waals surface area (Å²) in [6, 6.07) is 8.49. The van der Waals surface area contributed by atoms with Gasteiger partial charge in [-0.25, -0.2) is 4.68 Å². The second-order valence-corrected chi connectivity index (χ2v) is 3.69. The quantitative estimate of drug-likeness (QED) is 0.830. The summed E-state index contributed by atoms with van der Waals surface area (Å²) >= 11 is 0. The van der Waals surface area contributed by atoms with Gasteiger partial charge >= 0.3 is 0 Å². The Hall–Kier alpha value is -2.63. The van der Waals surface area contributed by atoms with Gasteiger partial charge in [0.05, 0.1) is 6.20 Å². The highest BCUT2D eigenvalue weighted by atomic mass is 16.2. The van der Waals surface area contributed by atoms with Crippen molar-refractivity contribution >= 4 is 17.5 Å². The lowest BCUT2D eigenvalue weighted by molar-refractivity contribution is 0.0919. The predicted molar refractivity (Wildman–Crippen MR) is 65.7 cm³/mol. The summed E-state index contributed by atoms with van der Waals surface area (Å²) in [6.07, 6.45) is 1.26. The van der Waals surface area contributed by atoms with Crippen LogP contribution in [-0.2, 0) is 0 Å². The Morgan fingerprint density at radius 2 is 1.89 bits per heavy atom. The van der Waals surface area contributed by atoms with E-state index in [4.69, 9.17) is 0 Å². The largest absolute Gasteiger partial charge is 0.316 e. The molecule has 0 radical (unpaired) electrons. The molecule has 0 saturated heterocycles. The first-order chi connectivity index (χ1) is 8.58. The third-order valence-electron chi connectivity index (χ3n) is 2.35. The Morgan fingerprint density at radius 1 is 1.22 bits per heavy atom. The highest BCUT2D eigenvalue weighted by Crippen LogP contribution is 2.04. The van der Waals surface area contributed by atoms with Crippen molar-refractivity contribution in [3.05, 3.63) is 52.4 Å². The maximum Gasteiger partial charge on any atom is 0.288 e. The van der Waals surface area contributed by atoms with E-state index in [0.29, 0.717) is 5.56 Å². The van der Waals surface area contributed by atoms with Crippen LogP contribution in [0, 0.1) is 0 Å². The van der Waals surface area contributed by atoms with Gasteiger partial charge in [0.1, 0.15) is 5.69 Å². The molecule has 6 heteroatoms. The SMILES string of the molecule is CC(=O)n1cc(NC(=O)c2ccccc2)c(=O)[nH]1. The summed E-state index contributed by atoms with van der Waals surface area (Å²) in [6.45, 7) is 1.30. The van der Waals surface area contributed by atoms with Gasteiger partial charge in [0.25, 0.3) is 11.5 Å². The number of hydrogen-bond acceptors (Lipinski definition) is 3. The number of hydrogen-bond donors (Lipinski definition) is 2. The van der Waals surface area contributed by atoms with Crippen LogP contribution < -0.4 is 10.9 Å². The van der Waals surface area contributed by atoms with E-state index < -0.39 is 11.5 Å². The number of aromatic nitrogens is 2. The molecule has 0 bridgehead atoms. The first kappa shape index (κ1) is 11.8. The Bertz CT molecular complexity index is 640. The maximum absolute atomic E-state index is 11.8. The summed E-state index contributed by atoms with van der Waals surface area (Å²) in [5.41, 5.74) is -0.0407. The molecule has 1 aromatic heterocycles. The van der Waals surface area contributed by atoms with Crippen molar-refractivity contribution in [2.24, 2.45) is 0 Å². The summed E-state index contributed by atoms with van der Waals surface area (Å²) in [5, 5.41) is 4.74. The number of aromatic amines is 1. The fraction of sp³-hybridized carbons (Fsp3) is 0.0833. The predicted octanol–water partition coefficient (Wildman–Crippen LogP) is 1.09. The fourth-order valence-corrected chi connectivity index (χ4v) is 1.43. The average molecular weight is 245 g/mol. The Morgan fingerprint density at radius 3 is 2.44 bits per heavy atom. The van der Waals surface area contributed by atoms with Gasteiger partial charge in [0, 0.05) is 12.5 Å². The number of rotatable bonds is 2. The van der Waals surface area contributed by atoms with E-state index in [2.05, 4.69) is 10.4 Å². The monoisotopic (exact) mass is 245 g/mol. The van der Waals surface area contributed by atoms with Gasteiger partial charge in [0.2, 0.25) is 5.91 Å².